The van der Waals surface area contributed by atoms with Crippen LogP contribution in [0.15, 0.2) is 59.5 Å². The Labute approximate surface area is 125 Å². The van der Waals surface area contributed by atoms with Gasteiger partial charge in [-0.2, -0.15) is 0 Å². The van der Waals surface area contributed by atoms with Gasteiger partial charge in [0, 0.05) is 0 Å². The summed E-state index contributed by atoms with van der Waals surface area (Å²) in [4.78, 5) is 0.316. The maximum Gasteiger partial charge on any atom is 0.208 e. The summed E-state index contributed by atoms with van der Waals surface area (Å²) < 4.78 is 30.3. The maximum atomic E-state index is 12.4. The molecule has 3 rings (SSSR count). The topological polar surface area (TPSA) is 46.7 Å². The van der Waals surface area contributed by atoms with Crippen LogP contribution in [0.25, 0.3) is 0 Å². The van der Waals surface area contributed by atoms with E-state index in [4.69, 9.17) is 4.74 Å². The van der Waals surface area contributed by atoms with Crippen molar-refractivity contribution in [3.63, 3.8) is 0 Å². The Hall–Kier alpha value is -1.65. The zero-order valence-electron chi connectivity index (χ0n) is 12.1. The van der Waals surface area contributed by atoms with Crippen LogP contribution in [0.4, 0.5) is 0 Å². The Kier molecular flexibility index (Phi) is 3.59. The van der Waals surface area contributed by atoms with Crippen molar-refractivity contribution in [3.05, 3.63) is 65.7 Å². The number of rotatable bonds is 4. The quantitative estimate of drug-likeness (QED) is 0.809. The third kappa shape index (κ3) is 2.74. The molecule has 0 saturated carbocycles. The van der Waals surface area contributed by atoms with E-state index in [1.807, 2.05) is 24.3 Å². The van der Waals surface area contributed by atoms with E-state index in [-0.39, 0.29) is 6.10 Å². The van der Waals surface area contributed by atoms with Crippen molar-refractivity contribution < 1.29 is 13.2 Å². The first kappa shape index (κ1) is 14.3. The Morgan fingerprint density at radius 2 is 1.57 bits per heavy atom. The van der Waals surface area contributed by atoms with Crippen molar-refractivity contribution in [2.24, 2.45) is 0 Å². The maximum absolute atomic E-state index is 12.4. The zero-order chi connectivity index (χ0) is 15.0. The largest absolute Gasteiger partial charge is 0.347 e. The number of sulfone groups is 1. The van der Waals surface area contributed by atoms with Crippen LogP contribution in [0.3, 0.4) is 0 Å². The first-order valence-electron chi connectivity index (χ1n) is 7.04. The summed E-state index contributed by atoms with van der Waals surface area (Å²) in [5.41, 5.74) is 1.40. The van der Waals surface area contributed by atoms with Gasteiger partial charge in [-0.1, -0.05) is 56.3 Å². The lowest BCUT2D eigenvalue weighted by Gasteiger charge is -2.05. The summed E-state index contributed by atoms with van der Waals surface area (Å²) in [6, 6.07) is 16.5. The molecule has 0 spiro atoms. The molecule has 0 amide bonds. The number of benzene rings is 2. The molecule has 0 aromatic heterocycles. The minimum Gasteiger partial charge on any atom is -0.347 e. The Morgan fingerprint density at radius 3 is 2.14 bits per heavy atom. The normalized spacial score (nSPS) is 21.5. The monoisotopic (exact) mass is 302 g/mol. The van der Waals surface area contributed by atoms with Crippen molar-refractivity contribution >= 4 is 9.84 Å². The molecule has 1 heterocycles. The van der Waals surface area contributed by atoms with Gasteiger partial charge in [0.15, 0.2) is 5.44 Å². The average Bonchev–Trinajstić information content (AvgIpc) is 3.29. The molecule has 3 nitrogen and oxygen atoms in total. The fraction of sp³-hybridized carbons (Fsp3) is 0.294. The van der Waals surface area contributed by atoms with Crippen LogP contribution in [0.2, 0.25) is 0 Å². The zero-order valence-corrected chi connectivity index (χ0v) is 12.9. The van der Waals surface area contributed by atoms with E-state index < -0.39 is 15.3 Å². The van der Waals surface area contributed by atoms with Gasteiger partial charge in [0.2, 0.25) is 9.84 Å². The highest BCUT2D eigenvalue weighted by atomic mass is 32.2. The molecule has 0 unspecified atom stereocenters. The third-order valence-electron chi connectivity index (χ3n) is 3.76. The fourth-order valence-electron chi connectivity index (χ4n) is 2.39. The van der Waals surface area contributed by atoms with Crippen LogP contribution in [0, 0.1) is 0 Å². The van der Waals surface area contributed by atoms with Gasteiger partial charge in [0.1, 0.15) is 6.10 Å². The van der Waals surface area contributed by atoms with Gasteiger partial charge in [-0.25, -0.2) is 8.42 Å². The number of epoxide rings is 1. The van der Waals surface area contributed by atoms with Gasteiger partial charge in [0.05, 0.1) is 4.90 Å². The second-order valence-electron chi connectivity index (χ2n) is 5.60. The molecule has 0 N–H and O–H groups in total. The Bertz CT molecular complexity index is 718. The van der Waals surface area contributed by atoms with Crippen molar-refractivity contribution in [2.75, 3.05) is 0 Å². The van der Waals surface area contributed by atoms with E-state index in [9.17, 15) is 8.42 Å². The smallest absolute Gasteiger partial charge is 0.208 e. The van der Waals surface area contributed by atoms with E-state index in [1.54, 1.807) is 30.3 Å². The molecule has 0 bridgehead atoms. The fourth-order valence-corrected chi connectivity index (χ4v) is 3.94. The van der Waals surface area contributed by atoms with Gasteiger partial charge in [-0.3, -0.25) is 0 Å². The summed E-state index contributed by atoms with van der Waals surface area (Å²) in [5.74, 6) is 0.461. The molecule has 2 aromatic rings. The van der Waals surface area contributed by atoms with Gasteiger partial charge >= 0.3 is 0 Å². The molecule has 110 valence electrons. The first-order chi connectivity index (χ1) is 10.00. The van der Waals surface area contributed by atoms with Gasteiger partial charge in [0.25, 0.3) is 0 Å². The highest BCUT2D eigenvalue weighted by Gasteiger charge is 2.50. The van der Waals surface area contributed by atoms with Crippen LogP contribution in [-0.4, -0.2) is 13.9 Å². The molecule has 1 aliphatic heterocycles. The molecular formula is C17H18O3S. The summed E-state index contributed by atoms with van der Waals surface area (Å²) in [7, 11) is -3.41. The second kappa shape index (κ2) is 5.28. The molecule has 1 saturated heterocycles. The highest BCUT2D eigenvalue weighted by molar-refractivity contribution is 7.92. The minimum atomic E-state index is -3.41. The van der Waals surface area contributed by atoms with E-state index in [0.717, 1.165) is 5.56 Å². The van der Waals surface area contributed by atoms with Crippen LogP contribution in [0.5, 0.6) is 0 Å². The lowest BCUT2D eigenvalue weighted by atomic mass is 10.0. The molecular weight excluding hydrogens is 284 g/mol. The van der Waals surface area contributed by atoms with Gasteiger partial charge in [-0.15, -0.1) is 0 Å². The summed E-state index contributed by atoms with van der Waals surface area (Å²) in [6.45, 7) is 4.26. The van der Waals surface area contributed by atoms with E-state index in [0.29, 0.717) is 10.8 Å². The molecule has 0 radical (unpaired) electrons. The van der Waals surface area contributed by atoms with Crippen molar-refractivity contribution in [3.8, 4) is 0 Å². The molecule has 21 heavy (non-hydrogen) atoms. The van der Waals surface area contributed by atoms with E-state index in [2.05, 4.69) is 13.8 Å². The van der Waals surface area contributed by atoms with Crippen molar-refractivity contribution in [1.29, 1.82) is 0 Å². The van der Waals surface area contributed by atoms with Gasteiger partial charge in [-0.05, 0) is 29.2 Å². The predicted molar refractivity (Wildman–Crippen MR) is 81.8 cm³/mol. The molecule has 1 fully saturated rings. The van der Waals surface area contributed by atoms with Crippen LogP contribution < -0.4 is 0 Å². The first-order valence-corrected chi connectivity index (χ1v) is 8.59. The standard InChI is InChI=1S/C17H18O3S/c1-12(2)13-8-10-14(11-9-13)16-17(20-16)21(18,19)15-6-4-3-5-7-15/h3-12,16-17H,1-2H3/t16-,17-/m1/s1. The predicted octanol–water partition coefficient (Wildman–Crippen LogP) is 3.68. The summed E-state index contributed by atoms with van der Waals surface area (Å²) >= 11 is 0. The van der Waals surface area contributed by atoms with Crippen LogP contribution in [0.1, 0.15) is 37.0 Å². The van der Waals surface area contributed by atoms with Crippen molar-refractivity contribution in [2.45, 2.75) is 36.2 Å². The molecule has 4 heteroatoms. The SMILES string of the molecule is CC(C)c1ccc([C@H]2O[C@@H]2S(=O)(=O)c2ccccc2)cc1. The molecule has 2 aromatic carbocycles. The third-order valence-corrected chi connectivity index (χ3v) is 5.66. The lowest BCUT2D eigenvalue weighted by Crippen LogP contribution is -2.09. The van der Waals surface area contributed by atoms with Crippen molar-refractivity contribution in [1.82, 2.24) is 0 Å². The Balaban J connectivity index is 1.80. The van der Waals surface area contributed by atoms with Gasteiger partial charge < -0.3 is 4.74 Å². The van der Waals surface area contributed by atoms with Crippen LogP contribution >= 0.6 is 0 Å². The molecule has 0 aliphatic carbocycles. The minimum absolute atomic E-state index is 0.316. The summed E-state index contributed by atoms with van der Waals surface area (Å²) in [5, 5.41) is 0. The molecule has 2 atom stereocenters. The summed E-state index contributed by atoms with van der Waals surface area (Å²) in [6.07, 6.45) is -0.351. The Morgan fingerprint density at radius 1 is 0.952 bits per heavy atom. The van der Waals surface area contributed by atoms with E-state index in [1.165, 1.54) is 5.56 Å². The van der Waals surface area contributed by atoms with Crippen LogP contribution in [-0.2, 0) is 14.6 Å². The second-order valence-corrected chi connectivity index (χ2v) is 7.63. The average molecular weight is 302 g/mol. The number of ether oxygens (including phenoxy) is 1. The lowest BCUT2D eigenvalue weighted by molar-refractivity contribution is 0.399. The van der Waals surface area contributed by atoms with E-state index >= 15 is 0 Å². The molecule has 1 aliphatic rings. The number of hydrogen-bond acceptors (Lipinski definition) is 3. The number of hydrogen-bond donors (Lipinski definition) is 0. The highest BCUT2D eigenvalue weighted by Crippen LogP contribution is 2.44.